The van der Waals surface area contributed by atoms with Crippen molar-refractivity contribution in [3.05, 3.63) is 20.2 Å². The zero-order valence-corrected chi connectivity index (χ0v) is 8.04. The second kappa shape index (κ2) is 6.43. The molecule has 15 heavy (non-hydrogen) atoms. The van der Waals surface area contributed by atoms with E-state index >= 15 is 0 Å². The lowest BCUT2D eigenvalue weighted by Crippen LogP contribution is -2.40. The van der Waals surface area contributed by atoms with Gasteiger partial charge in [-0.1, -0.05) is 0 Å². The quantitative estimate of drug-likeness (QED) is 0.287. The first-order chi connectivity index (χ1) is 6.90. The molecule has 0 aliphatic heterocycles. The molecule has 0 bridgehead atoms. The number of alkyl halides is 2. The van der Waals surface area contributed by atoms with E-state index in [2.05, 4.69) is 4.74 Å². The van der Waals surface area contributed by atoms with Gasteiger partial charge in [0.05, 0.1) is 18.6 Å². The van der Waals surface area contributed by atoms with E-state index in [1.165, 1.54) is 0 Å². The fourth-order valence-corrected chi connectivity index (χ4v) is 0.691. The zero-order chi connectivity index (χ0) is 12.0. The smallest absolute Gasteiger partial charge is 0.389 e. The number of nitro groups is 2. The summed E-state index contributed by atoms with van der Waals surface area (Å²) < 4.78 is 16.9. The highest BCUT2D eigenvalue weighted by atomic mass is 35.5. The fraction of sp³-hybridized carbons (Fsp3) is 1.00. The van der Waals surface area contributed by atoms with Crippen LogP contribution in [0.15, 0.2) is 0 Å². The van der Waals surface area contributed by atoms with Crippen molar-refractivity contribution >= 4 is 11.6 Å². The van der Waals surface area contributed by atoms with Crippen molar-refractivity contribution in [3.8, 4) is 0 Å². The number of nitrogens with zero attached hydrogens (tertiary/aromatic N) is 2. The minimum Gasteiger partial charge on any atom is -0.389 e. The van der Waals surface area contributed by atoms with Crippen molar-refractivity contribution in [1.82, 2.24) is 0 Å². The number of hydrogen-bond donors (Lipinski definition) is 1. The summed E-state index contributed by atoms with van der Waals surface area (Å²) in [7, 11) is 0. The Morgan fingerprint density at radius 3 is 2.20 bits per heavy atom. The topological polar surface area (TPSA) is 116 Å². The van der Waals surface area contributed by atoms with Crippen LogP contribution in [0, 0.1) is 20.2 Å². The van der Waals surface area contributed by atoms with Crippen LogP contribution in [0.5, 0.6) is 0 Å². The van der Waals surface area contributed by atoms with E-state index in [0.717, 1.165) is 0 Å². The molecule has 0 radical (unpaired) electrons. The third-order valence-electron chi connectivity index (χ3n) is 1.29. The van der Waals surface area contributed by atoms with Crippen LogP contribution in [0.4, 0.5) is 4.39 Å². The molecule has 0 aliphatic rings. The van der Waals surface area contributed by atoms with E-state index in [0.29, 0.717) is 0 Å². The number of aliphatic hydroxyl groups excluding tert-OH is 1. The summed E-state index contributed by atoms with van der Waals surface area (Å²) in [6.45, 7) is -0.650. The number of hydrogen-bond acceptors (Lipinski definition) is 6. The Kier molecular flexibility index (Phi) is 5.97. The van der Waals surface area contributed by atoms with Crippen LogP contribution in [0.25, 0.3) is 0 Å². The summed E-state index contributed by atoms with van der Waals surface area (Å²) in [5, 5.41) is 28.9. The monoisotopic (exact) mass is 246 g/mol. The molecule has 2 atom stereocenters. The third kappa shape index (κ3) is 4.81. The lowest BCUT2D eigenvalue weighted by atomic mass is 10.4. The van der Waals surface area contributed by atoms with Gasteiger partial charge in [-0.15, -0.1) is 11.6 Å². The Hall–Kier alpha value is -1.06. The van der Waals surface area contributed by atoms with Gasteiger partial charge in [0.25, 0.3) is 0 Å². The van der Waals surface area contributed by atoms with Gasteiger partial charge in [-0.25, -0.2) is 0 Å². The van der Waals surface area contributed by atoms with Gasteiger partial charge in [0.1, 0.15) is 9.85 Å². The fourth-order valence-electron chi connectivity index (χ4n) is 0.602. The van der Waals surface area contributed by atoms with Gasteiger partial charge in [0, 0.05) is 0 Å². The normalized spacial score (nSPS) is 14.9. The van der Waals surface area contributed by atoms with Crippen LogP contribution in [0.3, 0.4) is 0 Å². The number of halogens is 2. The maximum atomic E-state index is 12.8. The maximum Gasteiger partial charge on any atom is 0.504 e. The van der Waals surface area contributed by atoms with Crippen molar-refractivity contribution in [3.63, 3.8) is 0 Å². The molecule has 8 nitrogen and oxygen atoms in total. The van der Waals surface area contributed by atoms with E-state index in [1.807, 2.05) is 0 Å². The van der Waals surface area contributed by atoms with E-state index in [1.54, 1.807) is 0 Å². The van der Waals surface area contributed by atoms with Crippen LogP contribution in [0.2, 0.25) is 0 Å². The largest absolute Gasteiger partial charge is 0.504 e. The summed E-state index contributed by atoms with van der Waals surface area (Å²) in [6.07, 6.45) is -6.66. The molecule has 88 valence electrons. The highest BCUT2D eigenvalue weighted by Crippen LogP contribution is 2.07. The van der Waals surface area contributed by atoms with Gasteiger partial charge < -0.3 is 9.84 Å². The first-order valence-electron chi connectivity index (χ1n) is 3.66. The molecule has 0 heterocycles. The van der Waals surface area contributed by atoms with E-state index < -0.39 is 35.1 Å². The summed E-state index contributed by atoms with van der Waals surface area (Å²) >= 11 is 5.12. The second-order valence-corrected chi connectivity index (χ2v) is 2.79. The number of aliphatic hydroxyl groups is 1. The Morgan fingerprint density at radius 2 is 1.87 bits per heavy atom. The molecule has 0 saturated heterocycles. The summed E-state index contributed by atoms with van der Waals surface area (Å²) in [5.74, 6) is -0.270. The molecule has 0 aromatic carbocycles. The number of ether oxygens (including phenoxy) is 1. The second-order valence-electron chi connectivity index (χ2n) is 2.48. The average molecular weight is 247 g/mol. The van der Waals surface area contributed by atoms with Crippen LogP contribution in [-0.4, -0.2) is 46.1 Å². The lowest BCUT2D eigenvalue weighted by Gasteiger charge is -2.10. The van der Waals surface area contributed by atoms with Crippen LogP contribution >= 0.6 is 11.6 Å². The first kappa shape index (κ1) is 13.9. The molecule has 0 spiro atoms. The van der Waals surface area contributed by atoms with E-state index in [-0.39, 0.29) is 5.88 Å². The van der Waals surface area contributed by atoms with Crippen molar-refractivity contribution < 1.29 is 24.1 Å². The molecule has 0 aliphatic carbocycles. The van der Waals surface area contributed by atoms with Crippen LogP contribution in [-0.2, 0) is 4.74 Å². The van der Waals surface area contributed by atoms with Gasteiger partial charge in [0.15, 0.2) is 0 Å². The van der Waals surface area contributed by atoms with Gasteiger partial charge in [0.2, 0.25) is 0 Å². The van der Waals surface area contributed by atoms with Crippen molar-refractivity contribution in [1.29, 1.82) is 0 Å². The Morgan fingerprint density at radius 1 is 1.40 bits per heavy atom. The van der Waals surface area contributed by atoms with Gasteiger partial charge in [-0.2, -0.15) is 4.39 Å². The zero-order valence-electron chi connectivity index (χ0n) is 7.29. The molecule has 0 aromatic heterocycles. The average Bonchev–Trinajstić information content (AvgIpc) is 2.12. The molecule has 0 amide bonds. The molecule has 0 saturated carbocycles. The molecular weight excluding hydrogens is 239 g/mol. The Bertz CT molecular complexity index is 228. The molecular formula is C5H8ClFN2O6. The number of rotatable bonds is 7. The molecule has 2 unspecified atom stereocenters. The maximum absolute atomic E-state index is 12.8. The van der Waals surface area contributed by atoms with Gasteiger partial charge in [-0.3, -0.25) is 20.2 Å². The SMILES string of the molecule is O=[N+]([O-])C(C(F)OCC(O)CCl)[N+](=O)[O-]. The van der Waals surface area contributed by atoms with Crippen molar-refractivity contribution in [2.75, 3.05) is 12.5 Å². The minimum absolute atomic E-state index is 0.270. The van der Waals surface area contributed by atoms with E-state index in [4.69, 9.17) is 16.7 Å². The van der Waals surface area contributed by atoms with Crippen molar-refractivity contribution in [2.24, 2.45) is 0 Å². The molecule has 1 N–H and O–H groups in total. The van der Waals surface area contributed by atoms with Gasteiger partial charge in [-0.05, 0) is 0 Å². The Labute approximate surface area is 87.9 Å². The van der Waals surface area contributed by atoms with Gasteiger partial charge >= 0.3 is 12.5 Å². The van der Waals surface area contributed by atoms with Crippen molar-refractivity contribution in [2.45, 2.75) is 18.6 Å². The summed E-state index contributed by atoms with van der Waals surface area (Å²) in [6, 6.07) is 0. The molecule has 0 aromatic rings. The molecule has 10 heteroatoms. The summed E-state index contributed by atoms with van der Waals surface area (Å²) in [4.78, 5) is 17.3. The third-order valence-corrected chi connectivity index (χ3v) is 1.65. The standard InChI is InChI=1S/C5H8ClFN2O6/c6-1-3(10)2-15-4(7)5(8(11)12)9(13)14/h3-5,10H,1-2H2. The predicted octanol–water partition coefficient (Wildman–Crippen LogP) is -0.222. The Balaban J connectivity index is 4.21. The van der Waals surface area contributed by atoms with E-state index in [9.17, 15) is 24.6 Å². The first-order valence-corrected chi connectivity index (χ1v) is 4.20. The minimum atomic E-state index is -2.73. The van der Waals surface area contributed by atoms with Crippen LogP contribution in [0.1, 0.15) is 0 Å². The highest BCUT2D eigenvalue weighted by molar-refractivity contribution is 6.18. The molecule has 0 rings (SSSR count). The summed E-state index contributed by atoms with van der Waals surface area (Å²) in [5.41, 5.74) is 0. The predicted molar refractivity (Wildman–Crippen MR) is 45.4 cm³/mol. The van der Waals surface area contributed by atoms with Crippen LogP contribution < -0.4 is 0 Å². The highest BCUT2D eigenvalue weighted by Gasteiger charge is 2.44. The molecule has 0 fully saturated rings. The lowest BCUT2D eigenvalue weighted by molar-refractivity contribution is -0.757.